The van der Waals surface area contributed by atoms with Crippen LogP contribution in [0.3, 0.4) is 0 Å². The molecule has 0 spiro atoms. The third kappa shape index (κ3) is 3.70. The van der Waals surface area contributed by atoms with Crippen LogP contribution < -0.4 is 5.32 Å². The summed E-state index contributed by atoms with van der Waals surface area (Å²) in [6, 6.07) is 5.82. The van der Waals surface area contributed by atoms with E-state index in [2.05, 4.69) is 12.2 Å². The van der Waals surface area contributed by atoms with E-state index < -0.39 is 0 Å². The number of phenols is 1. The normalized spacial score (nSPS) is 16.9. The van der Waals surface area contributed by atoms with Crippen LogP contribution in [0, 0.1) is 6.92 Å². The van der Waals surface area contributed by atoms with E-state index in [1.807, 2.05) is 24.0 Å². The number of aryl methyl sites for hydroxylation is 1. The Morgan fingerprint density at radius 3 is 2.95 bits per heavy atom. The summed E-state index contributed by atoms with van der Waals surface area (Å²) in [4.78, 5) is 13.5. The van der Waals surface area contributed by atoms with E-state index in [1.165, 1.54) is 0 Å². The fourth-order valence-corrected chi connectivity index (χ4v) is 2.43. The summed E-state index contributed by atoms with van der Waals surface area (Å²) in [7, 11) is 0. The molecular formula is C15H22N2O2. The molecule has 1 aromatic carbocycles. The molecule has 0 aliphatic carbocycles. The lowest BCUT2D eigenvalue weighted by atomic mass is 10.1. The highest BCUT2D eigenvalue weighted by Crippen LogP contribution is 2.18. The molecule has 4 nitrogen and oxygen atoms in total. The number of nitrogens with one attached hydrogen (secondary N) is 1. The number of rotatable bonds is 5. The highest BCUT2D eigenvalue weighted by Gasteiger charge is 2.21. The van der Waals surface area contributed by atoms with Gasteiger partial charge in [-0.3, -0.25) is 4.79 Å². The molecule has 1 unspecified atom stereocenters. The van der Waals surface area contributed by atoms with Crippen molar-refractivity contribution >= 4 is 5.91 Å². The Kier molecular flexibility index (Phi) is 4.43. The van der Waals surface area contributed by atoms with Gasteiger partial charge in [0, 0.05) is 37.7 Å². The van der Waals surface area contributed by atoms with E-state index in [4.69, 9.17) is 0 Å². The first kappa shape index (κ1) is 13.9. The molecule has 1 saturated heterocycles. The van der Waals surface area contributed by atoms with Crippen LogP contribution in [0.1, 0.15) is 30.9 Å². The average Bonchev–Trinajstić information content (AvgIpc) is 2.76. The Labute approximate surface area is 114 Å². The predicted octanol–water partition coefficient (Wildman–Crippen LogP) is 1.80. The van der Waals surface area contributed by atoms with Crippen LogP contribution in [-0.4, -0.2) is 35.0 Å². The van der Waals surface area contributed by atoms with Crippen LogP contribution in [0.25, 0.3) is 0 Å². The van der Waals surface area contributed by atoms with Crippen molar-refractivity contribution in [2.24, 2.45) is 0 Å². The number of carbonyl (C=O) groups is 1. The quantitative estimate of drug-likeness (QED) is 0.851. The van der Waals surface area contributed by atoms with Gasteiger partial charge in [0.15, 0.2) is 0 Å². The van der Waals surface area contributed by atoms with Gasteiger partial charge in [-0.25, -0.2) is 0 Å². The van der Waals surface area contributed by atoms with E-state index in [9.17, 15) is 9.90 Å². The van der Waals surface area contributed by atoms with E-state index in [0.717, 1.165) is 30.6 Å². The largest absolute Gasteiger partial charge is 0.508 e. The lowest BCUT2D eigenvalue weighted by molar-refractivity contribution is -0.127. The van der Waals surface area contributed by atoms with Crippen molar-refractivity contribution in [1.82, 2.24) is 10.2 Å². The van der Waals surface area contributed by atoms with E-state index >= 15 is 0 Å². The Balaban J connectivity index is 1.84. The average molecular weight is 262 g/mol. The molecule has 1 atom stereocenters. The first-order valence-corrected chi connectivity index (χ1v) is 6.86. The van der Waals surface area contributed by atoms with Gasteiger partial charge in [-0.15, -0.1) is 0 Å². The van der Waals surface area contributed by atoms with Gasteiger partial charge in [-0.05, 0) is 26.3 Å². The molecule has 1 aliphatic rings. The molecule has 2 N–H and O–H groups in total. The van der Waals surface area contributed by atoms with Crippen LogP contribution in [-0.2, 0) is 11.3 Å². The van der Waals surface area contributed by atoms with Crippen molar-refractivity contribution < 1.29 is 9.90 Å². The summed E-state index contributed by atoms with van der Waals surface area (Å²) in [6.45, 7) is 6.32. The summed E-state index contributed by atoms with van der Waals surface area (Å²) in [5.74, 6) is 0.578. The summed E-state index contributed by atoms with van der Waals surface area (Å²) in [5, 5.41) is 13.1. The second kappa shape index (κ2) is 6.06. The Morgan fingerprint density at radius 2 is 2.26 bits per heavy atom. The zero-order chi connectivity index (χ0) is 13.8. The number of aromatic hydroxyl groups is 1. The molecule has 19 heavy (non-hydrogen) atoms. The topological polar surface area (TPSA) is 52.6 Å². The van der Waals surface area contributed by atoms with Crippen molar-refractivity contribution in [2.45, 2.75) is 39.3 Å². The summed E-state index contributed by atoms with van der Waals surface area (Å²) in [6.07, 6.45) is 1.66. The van der Waals surface area contributed by atoms with Crippen LogP contribution >= 0.6 is 0 Å². The molecule has 0 aromatic heterocycles. The van der Waals surface area contributed by atoms with Gasteiger partial charge < -0.3 is 15.3 Å². The molecule has 0 saturated carbocycles. The molecule has 0 radical (unpaired) electrons. The summed E-state index contributed by atoms with van der Waals surface area (Å²) in [5.41, 5.74) is 2.04. The van der Waals surface area contributed by atoms with Crippen molar-refractivity contribution in [3.05, 3.63) is 29.3 Å². The second-order valence-corrected chi connectivity index (χ2v) is 5.36. The minimum Gasteiger partial charge on any atom is -0.508 e. The summed E-state index contributed by atoms with van der Waals surface area (Å²) >= 11 is 0. The fourth-order valence-electron chi connectivity index (χ4n) is 2.43. The summed E-state index contributed by atoms with van der Waals surface area (Å²) < 4.78 is 0. The maximum atomic E-state index is 11.5. The van der Waals surface area contributed by atoms with E-state index in [-0.39, 0.29) is 11.9 Å². The molecule has 104 valence electrons. The van der Waals surface area contributed by atoms with E-state index in [1.54, 1.807) is 6.07 Å². The van der Waals surface area contributed by atoms with Gasteiger partial charge >= 0.3 is 0 Å². The number of carbonyl (C=O) groups excluding carboxylic acids is 1. The third-order valence-corrected chi connectivity index (χ3v) is 3.54. The van der Waals surface area contributed by atoms with Gasteiger partial charge in [0.1, 0.15) is 5.75 Å². The minimum absolute atomic E-state index is 0.224. The van der Waals surface area contributed by atoms with Gasteiger partial charge in [-0.2, -0.15) is 0 Å². The minimum atomic E-state index is 0.224. The molecule has 1 aliphatic heterocycles. The SMILES string of the molecule is Cc1ccc(O)c(CNC(C)CN2CCCC2=O)c1. The van der Waals surface area contributed by atoms with Crippen molar-refractivity contribution in [3.8, 4) is 5.75 Å². The zero-order valence-corrected chi connectivity index (χ0v) is 11.6. The van der Waals surface area contributed by atoms with Crippen molar-refractivity contribution in [1.29, 1.82) is 0 Å². The number of benzene rings is 1. The maximum Gasteiger partial charge on any atom is 0.222 e. The molecular weight excluding hydrogens is 240 g/mol. The molecule has 2 rings (SSSR count). The zero-order valence-electron chi connectivity index (χ0n) is 11.6. The molecule has 4 heteroatoms. The third-order valence-electron chi connectivity index (χ3n) is 3.54. The Morgan fingerprint density at radius 1 is 1.47 bits per heavy atom. The molecule has 1 amide bonds. The van der Waals surface area contributed by atoms with Crippen LogP contribution in [0.2, 0.25) is 0 Å². The molecule has 0 bridgehead atoms. The van der Waals surface area contributed by atoms with E-state index in [0.29, 0.717) is 18.7 Å². The Bertz CT molecular complexity index is 459. The first-order valence-electron chi connectivity index (χ1n) is 6.86. The highest BCUT2D eigenvalue weighted by atomic mass is 16.3. The highest BCUT2D eigenvalue weighted by molar-refractivity contribution is 5.78. The second-order valence-electron chi connectivity index (χ2n) is 5.36. The number of phenolic OH excluding ortho intramolecular Hbond substituents is 1. The number of hydrogen-bond acceptors (Lipinski definition) is 3. The first-order chi connectivity index (χ1) is 9.06. The number of hydrogen-bond donors (Lipinski definition) is 2. The lowest BCUT2D eigenvalue weighted by Gasteiger charge is -2.22. The number of likely N-dealkylation sites (tertiary alicyclic amines) is 1. The molecule has 1 aromatic rings. The van der Waals surface area contributed by atoms with Crippen molar-refractivity contribution in [3.63, 3.8) is 0 Å². The molecule has 1 fully saturated rings. The monoisotopic (exact) mass is 262 g/mol. The maximum absolute atomic E-state index is 11.5. The Hall–Kier alpha value is -1.55. The number of nitrogens with zero attached hydrogens (tertiary/aromatic N) is 1. The van der Waals surface area contributed by atoms with Crippen LogP contribution in [0.5, 0.6) is 5.75 Å². The van der Waals surface area contributed by atoms with Gasteiger partial charge in [0.2, 0.25) is 5.91 Å². The van der Waals surface area contributed by atoms with Crippen molar-refractivity contribution in [2.75, 3.05) is 13.1 Å². The smallest absolute Gasteiger partial charge is 0.222 e. The standard InChI is InChI=1S/C15H22N2O2/c1-11-5-6-14(18)13(8-11)9-16-12(2)10-17-7-3-4-15(17)19/h5-6,8,12,16,18H,3-4,7,9-10H2,1-2H3. The van der Waals surface area contributed by atoms with Crippen LogP contribution in [0.4, 0.5) is 0 Å². The fraction of sp³-hybridized carbons (Fsp3) is 0.533. The molecule has 1 heterocycles. The van der Waals surface area contributed by atoms with Gasteiger partial charge in [0.25, 0.3) is 0 Å². The van der Waals surface area contributed by atoms with Gasteiger partial charge in [0.05, 0.1) is 0 Å². The van der Waals surface area contributed by atoms with Gasteiger partial charge in [-0.1, -0.05) is 17.7 Å². The lowest BCUT2D eigenvalue weighted by Crippen LogP contribution is -2.39. The predicted molar refractivity (Wildman–Crippen MR) is 75.0 cm³/mol. The number of amides is 1. The van der Waals surface area contributed by atoms with Crippen LogP contribution in [0.15, 0.2) is 18.2 Å².